The maximum atomic E-state index is 5.83. The molecular formula is C16H25N3O. The van der Waals surface area contributed by atoms with E-state index in [1.54, 1.807) is 0 Å². The summed E-state index contributed by atoms with van der Waals surface area (Å²) in [4.78, 5) is 9.08. The molecule has 1 N–H and O–H groups in total. The van der Waals surface area contributed by atoms with E-state index in [4.69, 9.17) is 4.74 Å². The van der Waals surface area contributed by atoms with Crippen molar-refractivity contribution in [2.45, 2.75) is 64.0 Å². The number of ether oxygens (including phenoxy) is 1. The molecule has 4 heteroatoms. The highest BCUT2D eigenvalue weighted by Crippen LogP contribution is 2.35. The van der Waals surface area contributed by atoms with E-state index < -0.39 is 0 Å². The molecule has 1 aromatic heterocycles. The summed E-state index contributed by atoms with van der Waals surface area (Å²) < 4.78 is 5.83. The first-order valence-corrected chi connectivity index (χ1v) is 7.76. The van der Waals surface area contributed by atoms with Crippen LogP contribution in [-0.4, -0.2) is 28.7 Å². The minimum atomic E-state index is -0.0107. The van der Waals surface area contributed by atoms with Crippen molar-refractivity contribution in [3.8, 4) is 0 Å². The second kappa shape index (κ2) is 5.32. The van der Waals surface area contributed by atoms with Crippen LogP contribution in [0.5, 0.6) is 0 Å². The molecule has 0 aromatic carbocycles. The Hall–Kier alpha value is -1.16. The normalized spacial score (nSPS) is 30.1. The average molecular weight is 275 g/mol. The summed E-state index contributed by atoms with van der Waals surface area (Å²) >= 11 is 0. The lowest BCUT2D eigenvalue weighted by Crippen LogP contribution is -2.38. The molecule has 1 aliphatic heterocycles. The Bertz CT molecular complexity index is 469. The van der Waals surface area contributed by atoms with E-state index in [9.17, 15) is 0 Å². The monoisotopic (exact) mass is 275 g/mol. The van der Waals surface area contributed by atoms with Crippen molar-refractivity contribution in [1.29, 1.82) is 0 Å². The number of aromatic nitrogens is 2. The van der Waals surface area contributed by atoms with Crippen LogP contribution in [0.3, 0.4) is 0 Å². The van der Waals surface area contributed by atoms with Crippen LogP contribution in [0.15, 0.2) is 12.3 Å². The van der Waals surface area contributed by atoms with Gasteiger partial charge in [0, 0.05) is 30.2 Å². The number of nitrogens with one attached hydrogen (secondary N) is 1. The largest absolute Gasteiger partial charge is 0.378 e. The summed E-state index contributed by atoms with van der Waals surface area (Å²) in [6.45, 7) is 7.36. The second-order valence-corrected chi connectivity index (χ2v) is 7.06. The van der Waals surface area contributed by atoms with Crippen LogP contribution in [0.1, 0.15) is 52.3 Å². The predicted octanol–water partition coefficient (Wildman–Crippen LogP) is 3.14. The van der Waals surface area contributed by atoms with Gasteiger partial charge in [-0.3, -0.25) is 0 Å². The van der Waals surface area contributed by atoms with Gasteiger partial charge in [0.1, 0.15) is 11.6 Å². The zero-order valence-corrected chi connectivity index (χ0v) is 12.7. The number of anilines is 1. The number of nitrogens with zero attached hydrogens (tertiary/aromatic N) is 2. The summed E-state index contributed by atoms with van der Waals surface area (Å²) in [5.41, 5.74) is -0.0107. The molecule has 0 bridgehead atoms. The van der Waals surface area contributed by atoms with Crippen molar-refractivity contribution in [1.82, 2.24) is 9.97 Å². The molecule has 4 nitrogen and oxygen atoms in total. The predicted molar refractivity (Wildman–Crippen MR) is 79.8 cm³/mol. The van der Waals surface area contributed by atoms with E-state index in [0.717, 1.165) is 18.2 Å². The summed E-state index contributed by atoms with van der Waals surface area (Å²) in [6.07, 6.45) is 7.20. The van der Waals surface area contributed by atoms with Gasteiger partial charge < -0.3 is 10.1 Å². The van der Waals surface area contributed by atoms with Gasteiger partial charge >= 0.3 is 0 Å². The summed E-state index contributed by atoms with van der Waals surface area (Å²) in [6, 6.07) is 2.48. The van der Waals surface area contributed by atoms with Crippen LogP contribution in [-0.2, 0) is 10.2 Å². The van der Waals surface area contributed by atoms with Crippen molar-refractivity contribution in [3.05, 3.63) is 18.1 Å². The van der Waals surface area contributed by atoms with E-state index in [1.165, 1.54) is 25.7 Å². The molecule has 0 spiro atoms. The highest BCUT2D eigenvalue weighted by molar-refractivity contribution is 5.35. The maximum Gasteiger partial charge on any atom is 0.135 e. The molecule has 1 saturated heterocycles. The van der Waals surface area contributed by atoms with Gasteiger partial charge in [-0.25, -0.2) is 9.97 Å². The molecule has 0 radical (unpaired) electrons. The molecule has 110 valence electrons. The van der Waals surface area contributed by atoms with E-state index in [2.05, 4.69) is 36.1 Å². The van der Waals surface area contributed by atoms with E-state index >= 15 is 0 Å². The van der Waals surface area contributed by atoms with Gasteiger partial charge in [-0.1, -0.05) is 20.8 Å². The zero-order chi connectivity index (χ0) is 14.2. The Balaban J connectivity index is 1.74. The highest BCUT2D eigenvalue weighted by Gasteiger charge is 2.37. The Kier molecular flexibility index (Phi) is 3.67. The number of fused-ring (bicyclic) bond motifs is 1. The lowest BCUT2D eigenvalue weighted by molar-refractivity contribution is 0.0619. The fourth-order valence-corrected chi connectivity index (χ4v) is 3.35. The molecule has 1 aromatic rings. The van der Waals surface area contributed by atoms with E-state index in [0.29, 0.717) is 18.1 Å². The first-order valence-electron chi connectivity index (χ1n) is 7.76. The Labute approximate surface area is 121 Å². The molecule has 2 fully saturated rings. The molecule has 3 rings (SSSR count). The van der Waals surface area contributed by atoms with Gasteiger partial charge in [-0.05, 0) is 31.7 Å². The molecule has 2 aliphatic rings. The quantitative estimate of drug-likeness (QED) is 0.900. The number of hydrogen-bond donors (Lipinski definition) is 1. The van der Waals surface area contributed by atoms with Gasteiger partial charge in [0.25, 0.3) is 0 Å². The molecule has 1 aliphatic carbocycles. The van der Waals surface area contributed by atoms with Crippen molar-refractivity contribution >= 4 is 5.82 Å². The summed E-state index contributed by atoms with van der Waals surface area (Å²) in [5, 5.41) is 3.63. The average Bonchev–Trinajstić information content (AvgIpc) is 2.87. The topological polar surface area (TPSA) is 47.0 Å². The third-order valence-corrected chi connectivity index (χ3v) is 4.44. The Morgan fingerprint density at radius 1 is 1.25 bits per heavy atom. The molecular weight excluding hydrogens is 250 g/mol. The third kappa shape index (κ3) is 2.80. The number of rotatable bonds is 2. The molecule has 20 heavy (non-hydrogen) atoms. The Morgan fingerprint density at radius 2 is 2.10 bits per heavy atom. The summed E-state index contributed by atoms with van der Waals surface area (Å²) in [7, 11) is 0. The second-order valence-electron chi connectivity index (χ2n) is 7.06. The third-order valence-electron chi connectivity index (χ3n) is 4.44. The fourth-order valence-electron chi connectivity index (χ4n) is 3.35. The van der Waals surface area contributed by atoms with Crippen LogP contribution in [0.2, 0.25) is 0 Å². The van der Waals surface area contributed by atoms with Crippen molar-refractivity contribution in [3.63, 3.8) is 0 Å². The van der Waals surface area contributed by atoms with Gasteiger partial charge in [-0.15, -0.1) is 0 Å². The fraction of sp³-hybridized carbons (Fsp3) is 0.750. The van der Waals surface area contributed by atoms with Crippen molar-refractivity contribution in [2.75, 3.05) is 11.9 Å². The van der Waals surface area contributed by atoms with Gasteiger partial charge in [0.15, 0.2) is 0 Å². The van der Waals surface area contributed by atoms with Crippen LogP contribution >= 0.6 is 0 Å². The maximum absolute atomic E-state index is 5.83. The first kappa shape index (κ1) is 13.8. The Morgan fingerprint density at radius 3 is 2.90 bits per heavy atom. The van der Waals surface area contributed by atoms with Crippen LogP contribution < -0.4 is 5.32 Å². The van der Waals surface area contributed by atoms with Crippen LogP contribution in [0.4, 0.5) is 5.82 Å². The minimum Gasteiger partial charge on any atom is -0.378 e. The zero-order valence-electron chi connectivity index (χ0n) is 12.7. The lowest BCUT2D eigenvalue weighted by atomic mass is 9.82. The van der Waals surface area contributed by atoms with E-state index in [-0.39, 0.29) is 5.41 Å². The minimum absolute atomic E-state index is 0.0107. The summed E-state index contributed by atoms with van der Waals surface area (Å²) in [5.74, 6) is 2.51. The van der Waals surface area contributed by atoms with E-state index in [1.807, 2.05) is 12.3 Å². The van der Waals surface area contributed by atoms with Crippen molar-refractivity contribution < 1.29 is 4.74 Å². The molecule has 3 unspecified atom stereocenters. The standard InChI is InChI=1S/C16H25N3O/c1-16(2,3)15-17-9-7-14(19-15)18-12-5-4-6-13-11(12)8-10-20-13/h7,9,11-13H,4-6,8,10H2,1-3H3,(H,17,18,19). The molecule has 1 saturated carbocycles. The molecule has 3 atom stereocenters. The van der Waals surface area contributed by atoms with Gasteiger partial charge in [0.05, 0.1) is 6.10 Å². The van der Waals surface area contributed by atoms with Crippen LogP contribution in [0, 0.1) is 5.92 Å². The highest BCUT2D eigenvalue weighted by atomic mass is 16.5. The smallest absolute Gasteiger partial charge is 0.135 e. The van der Waals surface area contributed by atoms with Gasteiger partial charge in [-0.2, -0.15) is 0 Å². The molecule has 0 amide bonds. The molecule has 2 heterocycles. The van der Waals surface area contributed by atoms with Crippen LogP contribution in [0.25, 0.3) is 0 Å². The SMILES string of the molecule is CC(C)(C)c1nccc(NC2CCCC3OCCC23)n1. The first-order chi connectivity index (χ1) is 9.54. The van der Waals surface area contributed by atoms with Crippen molar-refractivity contribution in [2.24, 2.45) is 5.92 Å². The lowest BCUT2D eigenvalue weighted by Gasteiger charge is -2.33. The van der Waals surface area contributed by atoms with Gasteiger partial charge in [0.2, 0.25) is 0 Å². The number of hydrogen-bond acceptors (Lipinski definition) is 4.